The van der Waals surface area contributed by atoms with Gasteiger partial charge >= 0.3 is 0 Å². The number of ketones is 1. The number of aryl methyl sites for hydroxylation is 1. The molecule has 7 nitrogen and oxygen atoms in total. The van der Waals surface area contributed by atoms with E-state index in [9.17, 15) is 18.0 Å². The number of nitrogens with zero attached hydrogens (tertiary/aromatic N) is 1. The highest BCUT2D eigenvalue weighted by molar-refractivity contribution is 7.89. The Morgan fingerprint density at radius 2 is 1.87 bits per heavy atom. The fourth-order valence-corrected chi connectivity index (χ4v) is 5.77. The molecule has 1 saturated heterocycles. The third kappa shape index (κ3) is 3.94. The monoisotopic (exact) mass is 430 g/mol. The third-order valence-electron chi connectivity index (χ3n) is 6.02. The summed E-state index contributed by atoms with van der Waals surface area (Å²) in [5.41, 5.74) is 1.20. The van der Waals surface area contributed by atoms with E-state index in [1.807, 2.05) is 0 Å². The fourth-order valence-electron chi connectivity index (χ4n) is 4.28. The zero-order chi connectivity index (χ0) is 21.3. The largest absolute Gasteiger partial charge is 0.455 e. The van der Waals surface area contributed by atoms with Crippen molar-refractivity contribution < 1.29 is 22.4 Å². The first-order chi connectivity index (χ1) is 14.4. The quantitative estimate of drug-likeness (QED) is 0.787. The first-order valence-corrected chi connectivity index (χ1v) is 11.8. The molecular formula is C22H26N2O5S. The number of amides is 1. The highest BCUT2D eigenvalue weighted by atomic mass is 32.2. The first-order valence-electron chi connectivity index (χ1n) is 10.4. The highest BCUT2D eigenvalue weighted by Crippen LogP contribution is 2.29. The molecule has 0 radical (unpaired) electrons. The van der Waals surface area contributed by atoms with Crippen LogP contribution in [0.15, 0.2) is 39.6 Å². The maximum Gasteiger partial charge on any atom is 0.287 e. The molecule has 1 aliphatic carbocycles. The second-order valence-corrected chi connectivity index (χ2v) is 9.94. The van der Waals surface area contributed by atoms with Gasteiger partial charge in [0, 0.05) is 38.0 Å². The second-order valence-electron chi connectivity index (χ2n) is 8.00. The van der Waals surface area contributed by atoms with Crippen molar-refractivity contribution in [2.45, 2.75) is 43.9 Å². The van der Waals surface area contributed by atoms with Crippen LogP contribution in [0.2, 0.25) is 0 Å². The minimum absolute atomic E-state index is 0.0450. The molecule has 2 aliphatic rings. The summed E-state index contributed by atoms with van der Waals surface area (Å²) < 4.78 is 32.7. The average molecular weight is 431 g/mol. The number of benzene rings is 1. The molecule has 0 unspecified atom stereocenters. The van der Waals surface area contributed by atoms with Crippen molar-refractivity contribution in [3.63, 3.8) is 0 Å². The van der Waals surface area contributed by atoms with Gasteiger partial charge in [-0.05, 0) is 44.2 Å². The Balaban J connectivity index is 1.33. The van der Waals surface area contributed by atoms with Gasteiger partial charge in [-0.3, -0.25) is 9.59 Å². The Kier molecular flexibility index (Phi) is 5.79. The molecule has 1 N–H and O–H groups in total. The zero-order valence-corrected chi connectivity index (χ0v) is 17.8. The number of hydrogen-bond donors (Lipinski definition) is 1. The number of nitrogens with one attached hydrogen (secondary N) is 1. The normalized spacial score (nSPS) is 18.2. The van der Waals surface area contributed by atoms with E-state index < -0.39 is 10.0 Å². The third-order valence-corrected chi connectivity index (χ3v) is 7.93. The lowest BCUT2D eigenvalue weighted by Crippen LogP contribution is -2.41. The molecule has 30 heavy (non-hydrogen) atoms. The molecule has 1 amide bonds. The van der Waals surface area contributed by atoms with Gasteiger partial charge in [0.15, 0.2) is 11.5 Å². The molecule has 2 aromatic rings. The smallest absolute Gasteiger partial charge is 0.287 e. The van der Waals surface area contributed by atoms with Crippen LogP contribution in [-0.2, 0) is 16.4 Å². The van der Waals surface area contributed by atoms with Crippen molar-refractivity contribution in [1.82, 2.24) is 9.62 Å². The highest BCUT2D eigenvalue weighted by Gasteiger charge is 2.31. The molecule has 160 valence electrons. The summed E-state index contributed by atoms with van der Waals surface area (Å²) in [5, 5.41) is 2.91. The number of rotatable bonds is 5. The van der Waals surface area contributed by atoms with Crippen LogP contribution in [0, 0.1) is 12.8 Å². The number of sulfonamides is 1. The van der Waals surface area contributed by atoms with Gasteiger partial charge in [0.25, 0.3) is 5.91 Å². The van der Waals surface area contributed by atoms with Gasteiger partial charge < -0.3 is 9.73 Å². The molecule has 2 heterocycles. The van der Waals surface area contributed by atoms with E-state index >= 15 is 0 Å². The molecule has 1 fully saturated rings. The summed E-state index contributed by atoms with van der Waals surface area (Å²) in [7, 11) is -3.47. The number of carbonyl (C=O) groups excluding carboxylic acids is 2. The summed E-state index contributed by atoms with van der Waals surface area (Å²) in [6.07, 6.45) is 3.30. The van der Waals surface area contributed by atoms with E-state index in [2.05, 4.69) is 5.32 Å². The molecule has 8 heteroatoms. The molecule has 1 aromatic carbocycles. The number of hydrogen-bond acceptors (Lipinski definition) is 5. The molecule has 0 spiro atoms. The Morgan fingerprint density at radius 1 is 1.17 bits per heavy atom. The van der Waals surface area contributed by atoms with E-state index in [1.165, 1.54) is 4.31 Å². The molecule has 0 bridgehead atoms. The Bertz CT molecular complexity index is 1050. The van der Waals surface area contributed by atoms with Crippen LogP contribution in [-0.4, -0.2) is 44.0 Å². The zero-order valence-electron chi connectivity index (χ0n) is 17.0. The summed E-state index contributed by atoms with van der Waals surface area (Å²) in [6, 6.07) is 8.45. The minimum Gasteiger partial charge on any atom is -0.455 e. The van der Waals surface area contributed by atoms with Crippen LogP contribution in [0.4, 0.5) is 0 Å². The molecule has 4 rings (SSSR count). The lowest BCUT2D eigenvalue weighted by molar-refractivity contribution is 0.0908. The van der Waals surface area contributed by atoms with Crippen LogP contribution >= 0.6 is 0 Å². The Hall–Kier alpha value is -2.45. The van der Waals surface area contributed by atoms with Crippen LogP contribution in [0.1, 0.15) is 57.9 Å². The SMILES string of the molecule is Cc1c(C(=O)NCC2CCN(S(=O)(=O)c3ccccc3)CC2)oc2c1C(=O)CCC2. The molecule has 0 saturated carbocycles. The van der Waals surface area contributed by atoms with Gasteiger partial charge in [-0.15, -0.1) is 0 Å². The second kappa shape index (κ2) is 8.35. The van der Waals surface area contributed by atoms with Gasteiger partial charge in [0.05, 0.1) is 10.5 Å². The van der Waals surface area contributed by atoms with E-state index in [0.29, 0.717) is 67.1 Å². The van der Waals surface area contributed by atoms with Gasteiger partial charge in [0.1, 0.15) is 5.76 Å². The van der Waals surface area contributed by atoms with Crippen LogP contribution in [0.5, 0.6) is 0 Å². The minimum atomic E-state index is -3.47. The van der Waals surface area contributed by atoms with Crippen molar-refractivity contribution in [2.24, 2.45) is 5.92 Å². The standard InChI is InChI=1S/C22H26N2O5S/c1-15-20-18(25)8-5-9-19(20)29-21(15)22(26)23-14-16-10-12-24(13-11-16)30(27,28)17-6-3-2-4-7-17/h2-4,6-7,16H,5,8-14H2,1H3,(H,23,26). The van der Waals surface area contributed by atoms with Gasteiger partial charge in [0.2, 0.25) is 10.0 Å². The lowest BCUT2D eigenvalue weighted by atomic mass is 9.94. The summed E-state index contributed by atoms with van der Waals surface area (Å²) >= 11 is 0. The van der Waals surface area contributed by atoms with Crippen molar-refractivity contribution in [1.29, 1.82) is 0 Å². The Morgan fingerprint density at radius 3 is 2.53 bits per heavy atom. The van der Waals surface area contributed by atoms with Gasteiger partial charge in [-0.25, -0.2) is 8.42 Å². The van der Waals surface area contributed by atoms with E-state index in [1.54, 1.807) is 37.3 Å². The van der Waals surface area contributed by atoms with Crippen LogP contribution < -0.4 is 5.32 Å². The first kappa shape index (κ1) is 20.8. The van der Waals surface area contributed by atoms with Crippen molar-refractivity contribution in [3.8, 4) is 0 Å². The fraction of sp³-hybridized carbons (Fsp3) is 0.455. The predicted molar refractivity (Wildman–Crippen MR) is 111 cm³/mol. The number of carbonyl (C=O) groups is 2. The Labute approximate surface area is 176 Å². The predicted octanol–water partition coefficient (Wildman–Crippen LogP) is 2.94. The number of furan rings is 1. The number of fused-ring (bicyclic) bond motifs is 1. The van der Waals surface area contributed by atoms with E-state index in [0.717, 1.165) is 6.42 Å². The van der Waals surface area contributed by atoms with Gasteiger partial charge in [-0.1, -0.05) is 18.2 Å². The average Bonchev–Trinajstić information content (AvgIpc) is 3.11. The van der Waals surface area contributed by atoms with Crippen LogP contribution in [0.3, 0.4) is 0 Å². The van der Waals surface area contributed by atoms with E-state index in [4.69, 9.17) is 4.42 Å². The summed E-state index contributed by atoms with van der Waals surface area (Å²) in [4.78, 5) is 25.0. The maximum atomic E-state index is 12.7. The summed E-state index contributed by atoms with van der Waals surface area (Å²) in [5.74, 6) is 0.771. The number of Topliss-reactive ketones (excluding diaryl/α,β-unsaturated/α-hetero) is 1. The van der Waals surface area contributed by atoms with Gasteiger partial charge in [-0.2, -0.15) is 4.31 Å². The van der Waals surface area contributed by atoms with Crippen LogP contribution in [0.25, 0.3) is 0 Å². The molecule has 1 aliphatic heterocycles. The lowest BCUT2D eigenvalue weighted by Gasteiger charge is -2.31. The number of piperidine rings is 1. The molecule has 1 aromatic heterocycles. The topological polar surface area (TPSA) is 96.7 Å². The molecule has 0 atom stereocenters. The van der Waals surface area contributed by atoms with Crippen molar-refractivity contribution in [2.75, 3.05) is 19.6 Å². The van der Waals surface area contributed by atoms with Crippen molar-refractivity contribution >= 4 is 21.7 Å². The summed E-state index contributed by atoms with van der Waals surface area (Å²) in [6.45, 7) is 3.07. The van der Waals surface area contributed by atoms with E-state index in [-0.39, 0.29) is 23.4 Å². The molecular weight excluding hydrogens is 404 g/mol. The van der Waals surface area contributed by atoms with Crippen molar-refractivity contribution in [3.05, 3.63) is 53.0 Å². The maximum absolute atomic E-state index is 12.7.